The van der Waals surface area contributed by atoms with Crippen LogP contribution in [0.2, 0.25) is 0 Å². The molecular formula is C13H15N3O. The fraction of sp³-hybridized carbons (Fsp3) is 0.308. The van der Waals surface area contributed by atoms with Crippen LogP contribution in [0.5, 0.6) is 0 Å². The second kappa shape index (κ2) is 4.91. The Bertz CT molecular complexity index is 561. The number of aromatic amines is 1. The molecule has 0 unspecified atom stereocenters. The fourth-order valence-electron chi connectivity index (χ4n) is 1.69. The van der Waals surface area contributed by atoms with Crippen molar-refractivity contribution in [3.63, 3.8) is 0 Å². The van der Waals surface area contributed by atoms with Crippen molar-refractivity contribution in [1.29, 1.82) is 0 Å². The molecule has 0 aliphatic rings. The van der Waals surface area contributed by atoms with E-state index in [1.54, 1.807) is 13.1 Å². The molecule has 2 heterocycles. The van der Waals surface area contributed by atoms with E-state index in [4.69, 9.17) is 0 Å². The number of nitrogens with one attached hydrogen (secondary N) is 1. The van der Waals surface area contributed by atoms with Gasteiger partial charge in [0.1, 0.15) is 5.82 Å². The average Bonchev–Trinajstić information content (AvgIpc) is 2.35. The summed E-state index contributed by atoms with van der Waals surface area (Å²) < 4.78 is 0. The van der Waals surface area contributed by atoms with E-state index >= 15 is 0 Å². The molecule has 0 saturated heterocycles. The van der Waals surface area contributed by atoms with Crippen LogP contribution < -0.4 is 5.56 Å². The van der Waals surface area contributed by atoms with E-state index in [0.29, 0.717) is 11.3 Å². The number of nitrogens with zero attached hydrogens (tertiary/aromatic N) is 2. The van der Waals surface area contributed by atoms with Gasteiger partial charge in [0.05, 0.1) is 11.4 Å². The molecule has 4 heteroatoms. The standard InChI is InChI=1S/C13H15N3O/c1-3-6-11-15-12(9(2)13(17)16-11)10-7-4-5-8-14-10/h4-5,7-8H,3,6H2,1-2H3,(H,15,16,17). The fourth-order valence-corrected chi connectivity index (χ4v) is 1.69. The Morgan fingerprint density at radius 3 is 2.82 bits per heavy atom. The number of hydrogen-bond donors (Lipinski definition) is 1. The lowest BCUT2D eigenvalue weighted by atomic mass is 10.1. The summed E-state index contributed by atoms with van der Waals surface area (Å²) in [4.78, 5) is 23.3. The van der Waals surface area contributed by atoms with Gasteiger partial charge in [-0.25, -0.2) is 4.98 Å². The van der Waals surface area contributed by atoms with Gasteiger partial charge in [0.25, 0.3) is 5.56 Å². The lowest BCUT2D eigenvalue weighted by molar-refractivity contribution is 0.821. The van der Waals surface area contributed by atoms with Crippen molar-refractivity contribution in [3.8, 4) is 11.4 Å². The zero-order valence-electron chi connectivity index (χ0n) is 10.0. The minimum Gasteiger partial charge on any atom is -0.310 e. The quantitative estimate of drug-likeness (QED) is 0.876. The maximum Gasteiger partial charge on any atom is 0.254 e. The lowest BCUT2D eigenvalue weighted by Crippen LogP contribution is -2.16. The number of rotatable bonds is 3. The van der Waals surface area contributed by atoms with Crippen molar-refractivity contribution in [2.45, 2.75) is 26.7 Å². The highest BCUT2D eigenvalue weighted by atomic mass is 16.1. The average molecular weight is 229 g/mol. The van der Waals surface area contributed by atoms with E-state index in [0.717, 1.165) is 24.4 Å². The second-order valence-electron chi connectivity index (χ2n) is 3.95. The molecule has 0 aliphatic carbocycles. The Labute approximate surface area is 99.8 Å². The predicted octanol–water partition coefficient (Wildman–Crippen LogP) is 2.09. The molecule has 0 saturated carbocycles. The van der Waals surface area contributed by atoms with Gasteiger partial charge in [0, 0.05) is 18.2 Å². The molecule has 0 atom stereocenters. The minimum atomic E-state index is -0.0795. The van der Waals surface area contributed by atoms with Crippen LogP contribution in [0.15, 0.2) is 29.2 Å². The zero-order valence-corrected chi connectivity index (χ0v) is 10.0. The molecule has 0 radical (unpaired) electrons. The van der Waals surface area contributed by atoms with Gasteiger partial charge in [0.15, 0.2) is 0 Å². The smallest absolute Gasteiger partial charge is 0.254 e. The topological polar surface area (TPSA) is 58.6 Å². The Balaban J connectivity index is 2.57. The molecule has 0 bridgehead atoms. The van der Waals surface area contributed by atoms with Crippen molar-refractivity contribution in [3.05, 3.63) is 46.1 Å². The Morgan fingerprint density at radius 1 is 1.35 bits per heavy atom. The van der Waals surface area contributed by atoms with Crippen molar-refractivity contribution < 1.29 is 0 Å². The van der Waals surface area contributed by atoms with Crippen LogP contribution in [0.25, 0.3) is 11.4 Å². The Kier molecular flexibility index (Phi) is 3.32. The van der Waals surface area contributed by atoms with Gasteiger partial charge >= 0.3 is 0 Å². The first kappa shape index (κ1) is 11.5. The van der Waals surface area contributed by atoms with Crippen molar-refractivity contribution in [2.24, 2.45) is 0 Å². The normalized spacial score (nSPS) is 10.5. The van der Waals surface area contributed by atoms with Crippen molar-refractivity contribution in [1.82, 2.24) is 15.0 Å². The van der Waals surface area contributed by atoms with Crippen LogP contribution in [-0.2, 0) is 6.42 Å². The van der Waals surface area contributed by atoms with Crippen LogP contribution in [0.1, 0.15) is 24.7 Å². The molecule has 4 nitrogen and oxygen atoms in total. The van der Waals surface area contributed by atoms with Crippen LogP contribution >= 0.6 is 0 Å². The number of H-pyrrole nitrogens is 1. The second-order valence-corrected chi connectivity index (χ2v) is 3.95. The number of aromatic nitrogens is 3. The summed E-state index contributed by atoms with van der Waals surface area (Å²) in [5, 5.41) is 0. The highest BCUT2D eigenvalue weighted by Crippen LogP contribution is 2.15. The summed E-state index contributed by atoms with van der Waals surface area (Å²) in [5.41, 5.74) is 1.96. The van der Waals surface area contributed by atoms with Gasteiger partial charge < -0.3 is 4.98 Å². The third-order valence-corrected chi connectivity index (χ3v) is 2.59. The summed E-state index contributed by atoms with van der Waals surface area (Å²) >= 11 is 0. The summed E-state index contributed by atoms with van der Waals surface area (Å²) in [6, 6.07) is 5.60. The molecule has 17 heavy (non-hydrogen) atoms. The number of aryl methyl sites for hydroxylation is 1. The van der Waals surface area contributed by atoms with E-state index in [9.17, 15) is 4.79 Å². The molecule has 88 valence electrons. The van der Waals surface area contributed by atoms with Crippen LogP contribution in [0, 0.1) is 6.92 Å². The highest BCUT2D eigenvalue weighted by molar-refractivity contribution is 5.57. The molecule has 0 amide bonds. The van der Waals surface area contributed by atoms with Gasteiger partial charge in [-0.15, -0.1) is 0 Å². The number of hydrogen-bond acceptors (Lipinski definition) is 3. The first-order valence-corrected chi connectivity index (χ1v) is 5.73. The third-order valence-electron chi connectivity index (χ3n) is 2.59. The first-order valence-electron chi connectivity index (χ1n) is 5.73. The lowest BCUT2D eigenvalue weighted by Gasteiger charge is -2.06. The van der Waals surface area contributed by atoms with Crippen LogP contribution in [0.4, 0.5) is 0 Å². The summed E-state index contributed by atoms with van der Waals surface area (Å²) in [5.74, 6) is 0.726. The number of pyridine rings is 1. The molecule has 0 spiro atoms. The molecule has 0 aromatic carbocycles. The van der Waals surface area contributed by atoms with E-state index in [1.807, 2.05) is 18.2 Å². The van der Waals surface area contributed by atoms with E-state index in [-0.39, 0.29) is 5.56 Å². The minimum absolute atomic E-state index is 0.0795. The SMILES string of the molecule is CCCc1nc(-c2ccccn2)c(C)c(=O)[nH]1. The van der Waals surface area contributed by atoms with Gasteiger partial charge in [-0.3, -0.25) is 9.78 Å². The molecule has 2 aromatic heterocycles. The Morgan fingerprint density at radius 2 is 2.18 bits per heavy atom. The monoisotopic (exact) mass is 229 g/mol. The maximum absolute atomic E-state index is 11.8. The maximum atomic E-state index is 11.8. The summed E-state index contributed by atoms with van der Waals surface area (Å²) in [6.07, 6.45) is 3.43. The van der Waals surface area contributed by atoms with Crippen LogP contribution in [0.3, 0.4) is 0 Å². The zero-order chi connectivity index (χ0) is 12.3. The molecule has 0 aliphatic heterocycles. The summed E-state index contributed by atoms with van der Waals surface area (Å²) in [6.45, 7) is 3.83. The van der Waals surface area contributed by atoms with Gasteiger partial charge in [-0.1, -0.05) is 13.0 Å². The van der Waals surface area contributed by atoms with Crippen molar-refractivity contribution in [2.75, 3.05) is 0 Å². The van der Waals surface area contributed by atoms with Crippen LogP contribution in [-0.4, -0.2) is 15.0 Å². The third kappa shape index (κ3) is 2.41. The first-order chi connectivity index (χ1) is 8.22. The Hall–Kier alpha value is -1.97. The van der Waals surface area contributed by atoms with Gasteiger partial charge in [-0.2, -0.15) is 0 Å². The summed E-state index contributed by atoms with van der Waals surface area (Å²) in [7, 11) is 0. The largest absolute Gasteiger partial charge is 0.310 e. The molecule has 0 fully saturated rings. The van der Waals surface area contributed by atoms with E-state index in [1.165, 1.54) is 0 Å². The van der Waals surface area contributed by atoms with E-state index < -0.39 is 0 Å². The molecule has 2 aromatic rings. The van der Waals surface area contributed by atoms with Gasteiger partial charge in [0.2, 0.25) is 0 Å². The molecule has 2 rings (SSSR count). The highest BCUT2D eigenvalue weighted by Gasteiger charge is 2.09. The van der Waals surface area contributed by atoms with E-state index in [2.05, 4.69) is 21.9 Å². The molecular weight excluding hydrogens is 214 g/mol. The van der Waals surface area contributed by atoms with Gasteiger partial charge in [-0.05, 0) is 25.5 Å². The van der Waals surface area contributed by atoms with Crippen molar-refractivity contribution >= 4 is 0 Å². The predicted molar refractivity (Wildman–Crippen MR) is 66.8 cm³/mol. The molecule has 1 N–H and O–H groups in total.